The van der Waals surface area contributed by atoms with Crippen molar-refractivity contribution < 1.29 is 19.2 Å². The van der Waals surface area contributed by atoms with Gasteiger partial charge in [-0.15, -0.1) is 0 Å². The van der Waals surface area contributed by atoms with Gasteiger partial charge in [0.1, 0.15) is 12.1 Å². The first-order chi connectivity index (χ1) is 22.6. The maximum absolute atomic E-state index is 14.2. The molecule has 0 unspecified atom stereocenters. The molecule has 0 saturated carbocycles. The highest BCUT2D eigenvalue weighted by Crippen LogP contribution is 2.30. The molecule has 0 spiro atoms. The number of piperidine rings is 1. The van der Waals surface area contributed by atoms with Gasteiger partial charge in [0.2, 0.25) is 23.6 Å². The molecule has 4 rings (SSSR count). The lowest BCUT2D eigenvalue weighted by Crippen LogP contribution is -2.60. The van der Waals surface area contributed by atoms with Crippen LogP contribution in [-0.2, 0) is 32.0 Å². The molecule has 3 aliphatic rings. The second kappa shape index (κ2) is 16.0. The van der Waals surface area contributed by atoms with Gasteiger partial charge in [0.25, 0.3) is 0 Å². The summed E-state index contributed by atoms with van der Waals surface area (Å²) < 4.78 is 0. The summed E-state index contributed by atoms with van der Waals surface area (Å²) in [5.41, 5.74) is 3.37. The molecule has 4 amide bonds. The van der Waals surface area contributed by atoms with Crippen LogP contribution in [0.15, 0.2) is 29.8 Å². The van der Waals surface area contributed by atoms with Crippen molar-refractivity contribution >= 4 is 29.3 Å². The highest BCUT2D eigenvalue weighted by Gasteiger charge is 2.40. The number of carbonyl (C=O) groups excluding carboxylic acids is 4. The Hall–Kier alpha value is -3.20. The van der Waals surface area contributed by atoms with E-state index in [1.54, 1.807) is 23.8 Å². The number of aryl methyl sites for hydroxylation is 1. The van der Waals surface area contributed by atoms with Crippen molar-refractivity contribution in [2.45, 2.75) is 143 Å². The van der Waals surface area contributed by atoms with Crippen LogP contribution in [-0.4, -0.2) is 88.7 Å². The summed E-state index contributed by atoms with van der Waals surface area (Å²) in [7, 11) is 1.76. The monoisotopic (exact) mass is 663 g/mol. The van der Waals surface area contributed by atoms with Gasteiger partial charge in [0, 0.05) is 30.9 Å². The van der Waals surface area contributed by atoms with Crippen molar-refractivity contribution in [3.8, 4) is 0 Å². The zero-order valence-corrected chi connectivity index (χ0v) is 31.0. The number of nitrogens with one attached hydrogen (secondary N) is 2. The number of hydrogen-bond acceptors (Lipinski definition) is 5. The number of likely N-dealkylation sites (N-methyl/N-ethyl adjacent to an activating group) is 1. The Balaban J connectivity index is 1.49. The van der Waals surface area contributed by atoms with E-state index in [0.717, 1.165) is 57.2 Å². The average Bonchev–Trinajstić information content (AvgIpc) is 3.54. The zero-order chi connectivity index (χ0) is 35.3. The van der Waals surface area contributed by atoms with Crippen LogP contribution in [0.3, 0.4) is 0 Å². The molecule has 0 aromatic heterocycles. The molecule has 2 N–H and O–H groups in total. The highest BCUT2D eigenvalue weighted by molar-refractivity contribution is 6.01. The number of likely N-dealkylation sites (tertiary alicyclic amines) is 2. The molecule has 1 aromatic rings. The highest BCUT2D eigenvalue weighted by atomic mass is 16.2. The summed E-state index contributed by atoms with van der Waals surface area (Å²) in [6.07, 6.45) is 10.4. The van der Waals surface area contributed by atoms with Gasteiger partial charge in [-0.1, -0.05) is 59.2 Å². The first-order valence-corrected chi connectivity index (χ1v) is 18.4. The maximum atomic E-state index is 14.2. The van der Waals surface area contributed by atoms with E-state index in [9.17, 15) is 19.2 Å². The third kappa shape index (κ3) is 8.68. The number of fused-ring (bicyclic) bond motifs is 1. The lowest BCUT2D eigenvalue weighted by molar-refractivity contribution is -0.142. The van der Waals surface area contributed by atoms with E-state index in [2.05, 4.69) is 35.4 Å². The Kier molecular flexibility index (Phi) is 12.5. The standard InChI is InChI=1S/C39H61N5O4/c1-25(2)33(42(9)38(48)34(39(6,7)8)41-36(46)31-20-12-13-22-43(31)26(3)4)24-27(5)37(47)44-23-15-21-32(44)35(45)40-30-19-14-17-28-16-10-11-18-29(28)30/h14,17,19,24-26,31-34H,10-13,15-16,18,20-23H2,1-9H3,(H,40,45)(H,41,46)/b27-24+/t31-,32+,33-,34-/m1/s1. The fraction of sp³-hybridized carbons (Fsp3) is 0.692. The summed E-state index contributed by atoms with van der Waals surface area (Å²) in [4.78, 5) is 61.0. The van der Waals surface area contributed by atoms with E-state index >= 15 is 0 Å². The molecule has 0 radical (unpaired) electrons. The molecule has 1 aliphatic carbocycles. The summed E-state index contributed by atoms with van der Waals surface area (Å²) in [5, 5.41) is 6.31. The van der Waals surface area contributed by atoms with Gasteiger partial charge >= 0.3 is 0 Å². The second-order valence-corrected chi connectivity index (χ2v) is 16.0. The first kappa shape index (κ1) is 37.6. The molecule has 2 aliphatic heterocycles. The lowest BCUT2D eigenvalue weighted by atomic mass is 9.84. The summed E-state index contributed by atoms with van der Waals surface area (Å²) in [6, 6.07) is 4.46. The smallest absolute Gasteiger partial charge is 0.249 e. The van der Waals surface area contributed by atoms with E-state index in [4.69, 9.17) is 0 Å². The number of nitrogens with zero attached hydrogens (tertiary/aromatic N) is 3. The Labute approximate surface area is 289 Å². The van der Waals surface area contributed by atoms with Crippen LogP contribution in [0.4, 0.5) is 5.69 Å². The molecule has 9 nitrogen and oxygen atoms in total. The predicted molar refractivity (Wildman–Crippen MR) is 192 cm³/mol. The number of rotatable bonds is 10. The van der Waals surface area contributed by atoms with Gasteiger partial charge in [0.05, 0.1) is 12.1 Å². The average molecular weight is 664 g/mol. The van der Waals surface area contributed by atoms with Gasteiger partial charge in [-0.05, 0) is 107 Å². The zero-order valence-electron chi connectivity index (χ0n) is 31.0. The van der Waals surface area contributed by atoms with Crippen LogP contribution in [0.5, 0.6) is 0 Å². The summed E-state index contributed by atoms with van der Waals surface area (Å²) >= 11 is 0. The largest absolute Gasteiger partial charge is 0.342 e. The van der Waals surface area contributed by atoms with Gasteiger partial charge in [-0.2, -0.15) is 0 Å². The Morgan fingerprint density at radius 3 is 2.25 bits per heavy atom. The van der Waals surface area contributed by atoms with Crippen molar-refractivity contribution in [2.75, 3.05) is 25.5 Å². The SMILES string of the molecule is C/C(=C\[C@H](C(C)C)N(C)C(=O)[C@@H](NC(=O)[C@H]1CCCCN1C(C)C)C(C)(C)C)C(=O)N1CCC[C@H]1C(=O)Nc1cccc2c1CCCC2. The number of amides is 4. The predicted octanol–water partition coefficient (Wildman–Crippen LogP) is 5.72. The molecular weight excluding hydrogens is 602 g/mol. The topological polar surface area (TPSA) is 102 Å². The van der Waals surface area contributed by atoms with Crippen LogP contribution in [0.1, 0.15) is 111 Å². The van der Waals surface area contributed by atoms with Crippen molar-refractivity contribution in [2.24, 2.45) is 11.3 Å². The third-order valence-corrected chi connectivity index (χ3v) is 10.6. The van der Waals surface area contributed by atoms with E-state index in [0.29, 0.717) is 18.5 Å². The molecule has 266 valence electrons. The van der Waals surface area contributed by atoms with E-state index < -0.39 is 17.5 Å². The molecule has 0 bridgehead atoms. The fourth-order valence-electron chi connectivity index (χ4n) is 7.79. The van der Waals surface area contributed by atoms with Crippen molar-refractivity contribution in [1.29, 1.82) is 0 Å². The van der Waals surface area contributed by atoms with Crippen LogP contribution in [0.25, 0.3) is 0 Å². The maximum Gasteiger partial charge on any atom is 0.249 e. The summed E-state index contributed by atoms with van der Waals surface area (Å²) in [5.74, 6) is -0.584. The molecule has 2 saturated heterocycles. The van der Waals surface area contributed by atoms with Crippen molar-refractivity contribution in [1.82, 2.24) is 20.0 Å². The number of hydrogen-bond donors (Lipinski definition) is 2. The number of benzene rings is 1. The van der Waals surface area contributed by atoms with Crippen molar-refractivity contribution in [3.05, 3.63) is 41.0 Å². The van der Waals surface area contributed by atoms with Gasteiger partial charge < -0.3 is 20.4 Å². The van der Waals surface area contributed by atoms with Crippen LogP contribution >= 0.6 is 0 Å². The fourth-order valence-corrected chi connectivity index (χ4v) is 7.79. The quantitative estimate of drug-likeness (QED) is 0.312. The first-order valence-electron chi connectivity index (χ1n) is 18.4. The van der Waals surface area contributed by atoms with E-state index in [1.165, 1.54) is 17.5 Å². The minimum absolute atomic E-state index is 0.00901. The van der Waals surface area contributed by atoms with Crippen LogP contribution in [0, 0.1) is 11.3 Å². The summed E-state index contributed by atoms with van der Waals surface area (Å²) in [6.45, 7) is 17.4. The van der Waals surface area contributed by atoms with Crippen LogP contribution < -0.4 is 10.6 Å². The minimum atomic E-state index is -0.730. The lowest BCUT2D eigenvalue weighted by Gasteiger charge is -2.41. The van der Waals surface area contributed by atoms with Crippen LogP contribution in [0.2, 0.25) is 0 Å². The molecule has 2 fully saturated rings. The number of anilines is 1. The molecule has 1 aromatic carbocycles. The Morgan fingerprint density at radius 2 is 1.58 bits per heavy atom. The van der Waals surface area contributed by atoms with Crippen molar-refractivity contribution in [3.63, 3.8) is 0 Å². The second-order valence-electron chi connectivity index (χ2n) is 16.0. The van der Waals surface area contributed by atoms with Gasteiger partial charge in [-0.3, -0.25) is 24.1 Å². The molecule has 4 atom stereocenters. The normalized spacial score (nSPS) is 21.9. The molecule has 2 heterocycles. The third-order valence-electron chi connectivity index (χ3n) is 10.6. The molecule has 48 heavy (non-hydrogen) atoms. The van der Waals surface area contributed by atoms with Gasteiger partial charge in [-0.25, -0.2) is 0 Å². The molecule has 9 heteroatoms. The number of carbonyl (C=O) groups is 4. The van der Waals surface area contributed by atoms with E-state index in [-0.39, 0.29) is 47.7 Å². The van der Waals surface area contributed by atoms with E-state index in [1.807, 2.05) is 52.8 Å². The Bertz CT molecular complexity index is 1360. The Morgan fingerprint density at radius 1 is 0.896 bits per heavy atom. The minimum Gasteiger partial charge on any atom is -0.342 e. The molecular formula is C39H61N5O4. The van der Waals surface area contributed by atoms with Gasteiger partial charge in [0.15, 0.2) is 0 Å².